The SMILES string of the molecule is O=C(C1COc2ccccc2O1)N1CCC(Cn2nc(-c3ccccc3)ccc2=O)CC1. The van der Waals surface area contributed by atoms with Crippen molar-refractivity contribution in [2.45, 2.75) is 25.5 Å². The van der Waals surface area contributed by atoms with Gasteiger partial charge in [0.25, 0.3) is 11.5 Å². The van der Waals surface area contributed by atoms with Crippen LogP contribution in [0.1, 0.15) is 12.8 Å². The van der Waals surface area contributed by atoms with Gasteiger partial charge in [-0.1, -0.05) is 42.5 Å². The number of rotatable bonds is 4. The fourth-order valence-corrected chi connectivity index (χ4v) is 4.27. The molecular formula is C25H25N3O4. The van der Waals surface area contributed by atoms with E-state index in [1.165, 1.54) is 0 Å². The molecule has 0 spiro atoms. The van der Waals surface area contributed by atoms with Crippen molar-refractivity contribution >= 4 is 5.91 Å². The summed E-state index contributed by atoms with van der Waals surface area (Å²) >= 11 is 0. The number of piperidine rings is 1. The predicted molar refractivity (Wildman–Crippen MR) is 120 cm³/mol. The lowest BCUT2D eigenvalue weighted by Gasteiger charge is -2.35. The second-order valence-electron chi connectivity index (χ2n) is 8.24. The molecule has 1 atom stereocenters. The number of hydrogen-bond donors (Lipinski definition) is 0. The van der Waals surface area contributed by atoms with E-state index >= 15 is 0 Å². The van der Waals surface area contributed by atoms with Gasteiger partial charge in [0, 0.05) is 31.3 Å². The van der Waals surface area contributed by atoms with E-state index in [0.29, 0.717) is 37.1 Å². The summed E-state index contributed by atoms with van der Waals surface area (Å²) < 4.78 is 13.1. The normalized spacial score (nSPS) is 18.4. The quantitative estimate of drug-likeness (QED) is 0.635. The highest BCUT2D eigenvalue weighted by Gasteiger charge is 2.33. The van der Waals surface area contributed by atoms with Crippen LogP contribution in [-0.2, 0) is 11.3 Å². The van der Waals surface area contributed by atoms with Crippen LogP contribution in [0.15, 0.2) is 71.5 Å². The molecule has 1 saturated heterocycles. The van der Waals surface area contributed by atoms with Crippen molar-refractivity contribution in [3.05, 3.63) is 77.1 Å². The summed E-state index contributed by atoms with van der Waals surface area (Å²) in [6.45, 7) is 2.05. The third-order valence-electron chi connectivity index (χ3n) is 6.08. The molecule has 3 heterocycles. The zero-order valence-electron chi connectivity index (χ0n) is 17.7. The lowest BCUT2D eigenvalue weighted by molar-refractivity contribution is -0.142. The van der Waals surface area contributed by atoms with Crippen LogP contribution < -0.4 is 15.0 Å². The van der Waals surface area contributed by atoms with E-state index < -0.39 is 6.10 Å². The number of ether oxygens (including phenoxy) is 2. The highest BCUT2D eigenvalue weighted by Crippen LogP contribution is 2.31. The fourth-order valence-electron chi connectivity index (χ4n) is 4.27. The second kappa shape index (κ2) is 8.86. The van der Waals surface area contributed by atoms with Crippen LogP contribution in [0.3, 0.4) is 0 Å². The van der Waals surface area contributed by atoms with E-state index in [9.17, 15) is 9.59 Å². The third-order valence-corrected chi connectivity index (χ3v) is 6.08. The Bertz CT molecular complexity index is 1150. The van der Waals surface area contributed by atoms with E-state index in [0.717, 1.165) is 24.1 Å². The van der Waals surface area contributed by atoms with Gasteiger partial charge < -0.3 is 14.4 Å². The van der Waals surface area contributed by atoms with Crippen LogP contribution in [0.25, 0.3) is 11.3 Å². The number of nitrogens with zero attached hydrogens (tertiary/aromatic N) is 3. The zero-order chi connectivity index (χ0) is 21.9. The molecule has 0 N–H and O–H groups in total. The minimum absolute atomic E-state index is 0.0423. The molecule has 0 radical (unpaired) electrons. The monoisotopic (exact) mass is 431 g/mol. The molecule has 1 unspecified atom stereocenters. The van der Waals surface area contributed by atoms with Gasteiger partial charge in [-0.15, -0.1) is 0 Å². The van der Waals surface area contributed by atoms with Crippen molar-refractivity contribution < 1.29 is 14.3 Å². The van der Waals surface area contributed by atoms with Crippen LogP contribution in [0.5, 0.6) is 11.5 Å². The van der Waals surface area contributed by atoms with Gasteiger partial charge in [-0.2, -0.15) is 5.10 Å². The van der Waals surface area contributed by atoms with E-state index in [4.69, 9.17) is 9.47 Å². The van der Waals surface area contributed by atoms with Gasteiger partial charge in [-0.3, -0.25) is 9.59 Å². The Labute approximate surface area is 186 Å². The maximum atomic E-state index is 12.9. The van der Waals surface area contributed by atoms with Gasteiger partial charge in [0.15, 0.2) is 11.5 Å². The Morgan fingerprint density at radius 3 is 2.44 bits per heavy atom. The van der Waals surface area contributed by atoms with Crippen LogP contribution in [0.4, 0.5) is 0 Å². The van der Waals surface area contributed by atoms with Gasteiger partial charge in [-0.25, -0.2) is 4.68 Å². The van der Waals surface area contributed by atoms with E-state index in [2.05, 4.69) is 5.10 Å². The molecule has 7 heteroatoms. The predicted octanol–water partition coefficient (Wildman–Crippen LogP) is 2.99. The van der Waals surface area contributed by atoms with Crippen molar-refractivity contribution in [1.29, 1.82) is 0 Å². The number of likely N-dealkylation sites (tertiary alicyclic amines) is 1. The number of aromatic nitrogens is 2. The second-order valence-corrected chi connectivity index (χ2v) is 8.24. The van der Waals surface area contributed by atoms with Crippen molar-refractivity contribution in [3.63, 3.8) is 0 Å². The molecule has 1 aromatic heterocycles. The average molecular weight is 431 g/mol. The smallest absolute Gasteiger partial charge is 0.267 e. The molecule has 7 nitrogen and oxygen atoms in total. The van der Waals surface area contributed by atoms with Crippen molar-refractivity contribution in [3.8, 4) is 22.8 Å². The van der Waals surface area contributed by atoms with E-state index in [1.54, 1.807) is 16.8 Å². The lowest BCUT2D eigenvalue weighted by Crippen LogP contribution is -2.49. The van der Waals surface area contributed by atoms with Crippen molar-refractivity contribution in [2.75, 3.05) is 19.7 Å². The molecule has 2 aliphatic heterocycles. The Morgan fingerprint density at radius 1 is 0.938 bits per heavy atom. The van der Waals surface area contributed by atoms with Crippen molar-refractivity contribution in [2.24, 2.45) is 5.92 Å². The van der Waals surface area contributed by atoms with Gasteiger partial charge in [0.1, 0.15) is 6.61 Å². The van der Waals surface area contributed by atoms with Gasteiger partial charge in [0.2, 0.25) is 6.10 Å². The minimum Gasteiger partial charge on any atom is -0.485 e. The molecule has 3 aromatic rings. The molecule has 1 fully saturated rings. The first kappa shape index (κ1) is 20.3. The summed E-state index contributed by atoms with van der Waals surface area (Å²) in [5, 5.41) is 4.57. The highest BCUT2D eigenvalue weighted by molar-refractivity contribution is 5.82. The average Bonchev–Trinajstić information content (AvgIpc) is 2.85. The van der Waals surface area contributed by atoms with Crippen LogP contribution >= 0.6 is 0 Å². The zero-order valence-corrected chi connectivity index (χ0v) is 17.7. The lowest BCUT2D eigenvalue weighted by atomic mass is 9.96. The molecule has 1 amide bonds. The number of hydrogen-bond acceptors (Lipinski definition) is 5. The maximum Gasteiger partial charge on any atom is 0.267 e. The first-order chi connectivity index (χ1) is 15.7. The number of para-hydroxylation sites is 2. The molecule has 5 rings (SSSR count). The summed E-state index contributed by atoms with van der Waals surface area (Å²) in [5.74, 6) is 1.53. The Balaban J connectivity index is 1.20. The summed E-state index contributed by atoms with van der Waals surface area (Å²) in [6, 6.07) is 20.6. The number of fused-ring (bicyclic) bond motifs is 1. The molecule has 2 aromatic carbocycles. The van der Waals surface area contributed by atoms with Crippen molar-refractivity contribution in [1.82, 2.24) is 14.7 Å². The largest absolute Gasteiger partial charge is 0.485 e. The molecule has 2 aliphatic rings. The molecule has 164 valence electrons. The third kappa shape index (κ3) is 4.23. The van der Waals surface area contributed by atoms with E-state index in [1.807, 2.05) is 59.5 Å². The highest BCUT2D eigenvalue weighted by atomic mass is 16.6. The Morgan fingerprint density at radius 2 is 1.66 bits per heavy atom. The summed E-state index contributed by atoms with van der Waals surface area (Å²) in [6.07, 6.45) is 1.02. The molecule has 32 heavy (non-hydrogen) atoms. The number of carbonyl (C=O) groups excluding carboxylic acids is 1. The molecule has 0 saturated carbocycles. The number of amides is 1. The Kier molecular flexibility index (Phi) is 5.62. The van der Waals surface area contributed by atoms with Crippen LogP contribution in [0, 0.1) is 5.92 Å². The molecular weight excluding hydrogens is 406 g/mol. The first-order valence-corrected chi connectivity index (χ1v) is 11.0. The summed E-state index contributed by atoms with van der Waals surface area (Å²) in [4.78, 5) is 27.1. The topological polar surface area (TPSA) is 73.7 Å². The van der Waals surface area contributed by atoms with Crippen LogP contribution in [-0.4, -0.2) is 46.4 Å². The molecule has 0 aliphatic carbocycles. The summed E-state index contributed by atoms with van der Waals surface area (Å²) in [5.41, 5.74) is 1.67. The van der Waals surface area contributed by atoms with Crippen LogP contribution in [0.2, 0.25) is 0 Å². The van der Waals surface area contributed by atoms with Gasteiger partial charge in [0.05, 0.1) is 5.69 Å². The first-order valence-electron chi connectivity index (χ1n) is 11.0. The molecule has 0 bridgehead atoms. The van der Waals surface area contributed by atoms with E-state index in [-0.39, 0.29) is 18.1 Å². The number of benzene rings is 2. The number of carbonyl (C=O) groups is 1. The minimum atomic E-state index is -0.617. The maximum absolute atomic E-state index is 12.9. The Hall–Kier alpha value is -3.61. The summed E-state index contributed by atoms with van der Waals surface area (Å²) in [7, 11) is 0. The fraction of sp³-hybridized carbons (Fsp3) is 0.320. The van der Waals surface area contributed by atoms with Gasteiger partial charge in [-0.05, 0) is 37.0 Å². The van der Waals surface area contributed by atoms with Gasteiger partial charge >= 0.3 is 0 Å². The standard InChI is InChI=1S/C25H25N3O4/c29-24-11-10-20(19-6-2-1-3-7-19)26-28(24)16-18-12-14-27(15-13-18)25(30)23-17-31-21-8-4-5-9-22(21)32-23/h1-11,18,23H,12-17H2.